The molecule has 0 aliphatic rings. The van der Waals surface area contributed by atoms with Crippen LogP contribution in [-0.4, -0.2) is 10.2 Å². The van der Waals surface area contributed by atoms with Crippen LogP contribution in [0.4, 0.5) is 0 Å². The van der Waals surface area contributed by atoms with Crippen LogP contribution in [0.15, 0.2) is 34.4 Å². The molecule has 2 aromatic heterocycles. The van der Waals surface area contributed by atoms with E-state index in [1.54, 1.807) is 17.4 Å². The summed E-state index contributed by atoms with van der Waals surface area (Å²) in [5, 5.41) is 8.36. The molecule has 3 nitrogen and oxygen atoms in total. The standard InChI is InChI=1S/C9H8N2OS/c12-9-4-3-7(10-11-9)6-8-2-1-5-13-8/h1-5H,6H2,(H,11,12). The fourth-order valence-electron chi connectivity index (χ4n) is 1.06. The summed E-state index contributed by atoms with van der Waals surface area (Å²) < 4.78 is 0. The number of hydrogen-bond acceptors (Lipinski definition) is 3. The molecular formula is C9H8N2OS. The van der Waals surface area contributed by atoms with E-state index in [0.29, 0.717) is 0 Å². The van der Waals surface area contributed by atoms with Crippen LogP contribution in [0.1, 0.15) is 10.6 Å². The molecule has 0 aromatic carbocycles. The Kier molecular flexibility index (Phi) is 2.23. The Bertz CT molecular complexity index is 413. The predicted octanol–water partition coefficient (Wildman–Crippen LogP) is 1.42. The van der Waals surface area contributed by atoms with Gasteiger partial charge in [-0.15, -0.1) is 11.3 Å². The molecule has 66 valence electrons. The molecule has 0 aliphatic heterocycles. The molecule has 0 saturated carbocycles. The van der Waals surface area contributed by atoms with Crippen LogP contribution in [0.3, 0.4) is 0 Å². The smallest absolute Gasteiger partial charge is 0.264 e. The topological polar surface area (TPSA) is 45.8 Å². The lowest BCUT2D eigenvalue weighted by Gasteiger charge is -1.94. The molecule has 2 heterocycles. The number of hydrogen-bond donors (Lipinski definition) is 1. The zero-order valence-corrected chi connectivity index (χ0v) is 7.67. The third-order valence-electron chi connectivity index (χ3n) is 1.67. The number of rotatable bonds is 2. The van der Waals surface area contributed by atoms with Gasteiger partial charge in [0.05, 0.1) is 5.69 Å². The van der Waals surface area contributed by atoms with E-state index in [1.807, 2.05) is 11.4 Å². The van der Waals surface area contributed by atoms with Gasteiger partial charge < -0.3 is 0 Å². The minimum absolute atomic E-state index is 0.157. The molecule has 0 radical (unpaired) electrons. The lowest BCUT2D eigenvalue weighted by molar-refractivity contribution is 0.916. The van der Waals surface area contributed by atoms with E-state index in [0.717, 1.165) is 12.1 Å². The van der Waals surface area contributed by atoms with Gasteiger partial charge in [-0.3, -0.25) is 4.79 Å². The van der Waals surface area contributed by atoms with Gasteiger partial charge in [-0.25, -0.2) is 5.10 Å². The SMILES string of the molecule is O=c1ccc(Cc2cccs2)n[nH]1. The average Bonchev–Trinajstić information content (AvgIpc) is 2.62. The Morgan fingerprint density at radius 3 is 2.92 bits per heavy atom. The van der Waals surface area contributed by atoms with Gasteiger partial charge in [0.2, 0.25) is 0 Å². The van der Waals surface area contributed by atoms with Gasteiger partial charge in [0.15, 0.2) is 0 Å². The summed E-state index contributed by atoms with van der Waals surface area (Å²) in [5.41, 5.74) is 0.733. The summed E-state index contributed by atoms with van der Waals surface area (Å²) in [6, 6.07) is 7.30. The Hall–Kier alpha value is -1.42. The minimum Gasteiger partial charge on any atom is -0.268 e. The second-order valence-corrected chi connectivity index (χ2v) is 3.70. The van der Waals surface area contributed by atoms with Gasteiger partial charge in [0, 0.05) is 17.4 Å². The monoisotopic (exact) mass is 192 g/mol. The van der Waals surface area contributed by atoms with Crippen molar-refractivity contribution in [2.75, 3.05) is 0 Å². The fraction of sp³-hybridized carbons (Fsp3) is 0.111. The summed E-state index contributed by atoms with van der Waals surface area (Å²) in [6.45, 7) is 0. The van der Waals surface area contributed by atoms with Crippen molar-refractivity contribution in [3.05, 3.63) is 50.6 Å². The molecule has 0 spiro atoms. The highest BCUT2D eigenvalue weighted by molar-refractivity contribution is 7.09. The lowest BCUT2D eigenvalue weighted by atomic mass is 10.2. The van der Waals surface area contributed by atoms with Crippen LogP contribution in [-0.2, 0) is 6.42 Å². The Morgan fingerprint density at radius 2 is 2.31 bits per heavy atom. The number of nitrogens with zero attached hydrogens (tertiary/aromatic N) is 1. The quantitative estimate of drug-likeness (QED) is 0.782. The van der Waals surface area contributed by atoms with E-state index in [9.17, 15) is 4.79 Å². The number of thiophene rings is 1. The van der Waals surface area contributed by atoms with Crippen molar-refractivity contribution in [2.24, 2.45) is 0 Å². The van der Waals surface area contributed by atoms with Crippen LogP contribution < -0.4 is 5.56 Å². The van der Waals surface area contributed by atoms with Crippen molar-refractivity contribution in [1.82, 2.24) is 10.2 Å². The highest BCUT2D eigenvalue weighted by atomic mass is 32.1. The molecule has 2 aromatic rings. The summed E-state index contributed by atoms with van der Waals surface area (Å²) in [6.07, 6.45) is 0.786. The van der Waals surface area contributed by atoms with Crippen LogP contribution in [0, 0.1) is 0 Å². The van der Waals surface area contributed by atoms with Crippen molar-refractivity contribution < 1.29 is 0 Å². The summed E-state index contributed by atoms with van der Waals surface area (Å²) >= 11 is 1.69. The molecular weight excluding hydrogens is 184 g/mol. The summed E-state index contributed by atoms with van der Waals surface area (Å²) in [5.74, 6) is 0. The van der Waals surface area contributed by atoms with Crippen LogP contribution in [0.2, 0.25) is 0 Å². The zero-order valence-electron chi connectivity index (χ0n) is 6.86. The van der Waals surface area contributed by atoms with Crippen molar-refractivity contribution in [3.63, 3.8) is 0 Å². The average molecular weight is 192 g/mol. The molecule has 0 bridgehead atoms. The van der Waals surface area contributed by atoms with Gasteiger partial charge in [0.1, 0.15) is 0 Å². The van der Waals surface area contributed by atoms with Gasteiger partial charge in [0.25, 0.3) is 5.56 Å². The molecule has 13 heavy (non-hydrogen) atoms. The summed E-state index contributed by atoms with van der Waals surface area (Å²) in [7, 11) is 0. The highest BCUT2D eigenvalue weighted by Crippen LogP contribution is 2.11. The predicted molar refractivity (Wildman–Crippen MR) is 52.0 cm³/mol. The van der Waals surface area contributed by atoms with Crippen molar-refractivity contribution in [2.45, 2.75) is 6.42 Å². The first kappa shape index (κ1) is 8.19. The zero-order chi connectivity index (χ0) is 9.10. The highest BCUT2D eigenvalue weighted by Gasteiger charge is 1.97. The van der Waals surface area contributed by atoms with Crippen LogP contribution in [0.5, 0.6) is 0 Å². The first-order chi connectivity index (χ1) is 6.34. The van der Waals surface area contributed by atoms with Gasteiger partial charge >= 0.3 is 0 Å². The van der Waals surface area contributed by atoms with Gasteiger partial charge in [-0.1, -0.05) is 6.07 Å². The van der Waals surface area contributed by atoms with E-state index in [1.165, 1.54) is 10.9 Å². The molecule has 1 N–H and O–H groups in total. The van der Waals surface area contributed by atoms with Gasteiger partial charge in [-0.2, -0.15) is 5.10 Å². The Morgan fingerprint density at radius 1 is 1.38 bits per heavy atom. The Balaban J connectivity index is 2.19. The van der Waals surface area contributed by atoms with Crippen molar-refractivity contribution in [1.29, 1.82) is 0 Å². The first-order valence-electron chi connectivity index (χ1n) is 3.91. The van der Waals surface area contributed by atoms with Crippen molar-refractivity contribution in [3.8, 4) is 0 Å². The van der Waals surface area contributed by atoms with E-state index in [-0.39, 0.29) is 5.56 Å². The molecule has 4 heteroatoms. The maximum absolute atomic E-state index is 10.7. The molecule has 0 atom stereocenters. The molecule has 0 amide bonds. The number of nitrogens with one attached hydrogen (secondary N) is 1. The molecule has 0 unspecified atom stereocenters. The third kappa shape index (κ3) is 2.03. The van der Waals surface area contributed by atoms with E-state index in [4.69, 9.17) is 0 Å². The number of H-pyrrole nitrogens is 1. The number of aromatic amines is 1. The van der Waals surface area contributed by atoms with E-state index in [2.05, 4.69) is 16.3 Å². The Labute approximate surface area is 79.1 Å². The van der Waals surface area contributed by atoms with Crippen LogP contribution >= 0.6 is 11.3 Å². The normalized spacial score (nSPS) is 10.2. The second-order valence-electron chi connectivity index (χ2n) is 2.67. The van der Waals surface area contributed by atoms with E-state index >= 15 is 0 Å². The number of aromatic nitrogens is 2. The minimum atomic E-state index is -0.157. The van der Waals surface area contributed by atoms with Crippen molar-refractivity contribution >= 4 is 11.3 Å². The van der Waals surface area contributed by atoms with Crippen LogP contribution in [0.25, 0.3) is 0 Å². The summed E-state index contributed by atoms with van der Waals surface area (Å²) in [4.78, 5) is 12.0. The maximum atomic E-state index is 10.7. The second kappa shape index (κ2) is 3.53. The maximum Gasteiger partial charge on any atom is 0.264 e. The fourth-order valence-corrected chi connectivity index (χ4v) is 1.78. The third-order valence-corrected chi connectivity index (χ3v) is 2.55. The molecule has 2 rings (SSSR count). The molecule has 0 aliphatic carbocycles. The molecule has 0 fully saturated rings. The first-order valence-corrected chi connectivity index (χ1v) is 4.79. The van der Waals surface area contributed by atoms with E-state index < -0.39 is 0 Å². The largest absolute Gasteiger partial charge is 0.268 e. The van der Waals surface area contributed by atoms with Gasteiger partial charge in [-0.05, 0) is 17.5 Å². The lowest BCUT2D eigenvalue weighted by Crippen LogP contribution is -2.07. The molecule has 0 saturated heterocycles.